The highest BCUT2D eigenvalue weighted by Gasteiger charge is 2.20. The fourth-order valence-corrected chi connectivity index (χ4v) is 3.65. The van der Waals surface area contributed by atoms with E-state index in [9.17, 15) is 14.4 Å². The van der Waals surface area contributed by atoms with Crippen LogP contribution in [0.4, 0.5) is 4.39 Å². The predicted molar refractivity (Wildman–Crippen MR) is 113 cm³/mol. The average molecular weight is 429 g/mol. The minimum absolute atomic E-state index is 0.0138. The zero-order chi connectivity index (χ0) is 21.5. The molecule has 156 valence electrons. The molecular formula is C23H22ClFN2O3. The normalized spacial score (nSPS) is 14.3. The third-order valence-corrected chi connectivity index (χ3v) is 5.23. The molecule has 0 unspecified atom stereocenters. The van der Waals surface area contributed by atoms with Crippen molar-refractivity contribution in [2.45, 2.75) is 38.3 Å². The van der Waals surface area contributed by atoms with Gasteiger partial charge in [-0.2, -0.15) is 5.26 Å². The Morgan fingerprint density at radius 3 is 2.73 bits per heavy atom. The summed E-state index contributed by atoms with van der Waals surface area (Å²) >= 11 is 6.35. The highest BCUT2D eigenvalue weighted by molar-refractivity contribution is 6.32. The monoisotopic (exact) mass is 428 g/mol. The maximum Gasteiger partial charge on any atom is 0.262 e. The van der Waals surface area contributed by atoms with Gasteiger partial charge in [-0.1, -0.05) is 42.6 Å². The molecule has 0 saturated heterocycles. The lowest BCUT2D eigenvalue weighted by molar-refractivity contribution is -0.117. The van der Waals surface area contributed by atoms with Gasteiger partial charge < -0.3 is 14.8 Å². The number of methoxy groups -OCH3 is 1. The van der Waals surface area contributed by atoms with Gasteiger partial charge in [0.15, 0.2) is 11.5 Å². The van der Waals surface area contributed by atoms with Crippen molar-refractivity contribution in [3.05, 3.63) is 63.9 Å². The highest BCUT2D eigenvalue weighted by atomic mass is 35.5. The van der Waals surface area contributed by atoms with Gasteiger partial charge in [-0.15, -0.1) is 0 Å². The molecule has 1 aliphatic carbocycles. The Balaban J connectivity index is 1.79. The maximum atomic E-state index is 13.8. The zero-order valence-electron chi connectivity index (χ0n) is 16.6. The third-order valence-electron chi connectivity index (χ3n) is 4.95. The highest BCUT2D eigenvalue weighted by Crippen LogP contribution is 2.37. The van der Waals surface area contributed by atoms with Crippen LogP contribution in [0, 0.1) is 17.1 Å². The molecule has 0 aromatic heterocycles. The summed E-state index contributed by atoms with van der Waals surface area (Å²) in [5.41, 5.74) is 0.892. The van der Waals surface area contributed by atoms with Crippen LogP contribution in [0.25, 0.3) is 6.08 Å². The summed E-state index contributed by atoms with van der Waals surface area (Å²) in [4.78, 5) is 12.4. The lowest BCUT2D eigenvalue weighted by Gasteiger charge is -2.14. The summed E-state index contributed by atoms with van der Waals surface area (Å²) in [6, 6.07) is 11.5. The van der Waals surface area contributed by atoms with Crippen molar-refractivity contribution in [3.63, 3.8) is 0 Å². The minimum atomic E-state index is -0.403. The first-order valence-electron chi connectivity index (χ1n) is 9.68. The first-order chi connectivity index (χ1) is 14.5. The smallest absolute Gasteiger partial charge is 0.262 e. The molecule has 0 radical (unpaired) electrons. The van der Waals surface area contributed by atoms with Crippen LogP contribution in [0.2, 0.25) is 5.02 Å². The SMILES string of the molecule is COc1cc(/C=C(/C#N)C(=O)NC2CCCC2)cc(Cl)c1OCc1ccccc1F. The van der Waals surface area contributed by atoms with Gasteiger partial charge in [0.1, 0.15) is 24.1 Å². The molecule has 30 heavy (non-hydrogen) atoms. The van der Waals surface area contributed by atoms with Gasteiger partial charge in [-0.25, -0.2) is 4.39 Å². The van der Waals surface area contributed by atoms with E-state index in [0.717, 1.165) is 25.7 Å². The van der Waals surface area contributed by atoms with Crippen molar-refractivity contribution in [2.24, 2.45) is 0 Å². The molecule has 2 aromatic carbocycles. The van der Waals surface area contributed by atoms with Crippen molar-refractivity contribution >= 4 is 23.6 Å². The molecular weight excluding hydrogens is 407 g/mol. The van der Waals surface area contributed by atoms with Crippen molar-refractivity contribution in [1.29, 1.82) is 5.26 Å². The molecule has 3 rings (SSSR count). The molecule has 0 heterocycles. The van der Waals surface area contributed by atoms with E-state index >= 15 is 0 Å². The van der Waals surface area contributed by atoms with E-state index in [-0.39, 0.29) is 34.8 Å². The van der Waals surface area contributed by atoms with E-state index in [2.05, 4.69) is 5.32 Å². The van der Waals surface area contributed by atoms with Crippen LogP contribution in [0.3, 0.4) is 0 Å². The lowest BCUT2D eigenvalue weighted by atomic mass is 10.1. The Morgan fingerprint density at radius 2 is 2.07 bits per heavy atom. The second-order valence-electron chi connectivity index (χ2n) is 7.04. The first-order valence-corrected chi connectivity index (χ1v) is 10.1. The number of nitriles is 1. The fourth-order valence-electron chi connectivity index (χ4n) is 3.38. The molecule has 0 spiro atoms. The number of carbonyl (C=O) groups is 1. The Kier molecular flexibility index (Phi) is 7.31. The van der Waals surface area contributed by atoms with Crippen LogP contribution >= 0.6 is 11.6 Å². The van der Waals surface area contributed by atoms with E-state index in [1.807, 2.05) is 6.07 Å². The Bertz CT molecular complexity index is 994. The average Bonchev–Trinajstić information content (AvgIpc) is 3.24. The number of amides is 1. The van der Waals surface area contributed by atoms with E-state index < -0.39 is 5.91 Å². The minimum Gasteiger partial charge on any atom is -0.493 e. The fraction of sp³-hybridized carbons (Fsp3) is 0.304. The topological polar surface area (TPSA) is 71.3 Å². The molecule has 2 aromatic rings. The van der Waals surface area contributed by atoms with E-state index in [1.165, 1.54) is 19.3 Å². The van der Waals surface area contributed by atoms with Gasteiger partial charge in [-0.05, 0) is 42.7 Å². The summed E-state index contributed by atoms with van der Waals surface area (Å²) in [5.74, 6) is -0.203. The standard InChI is InChI=1S/C23H22ClFN2O3/c1-29-21-12-15(10-17(13-26)23(28)27-18-7-3-4-8-18)11-19(24)22(21)30-14-16-6-2-5-9-20(16)25/h2,5-6,9-12,18H,3-4,7-8,14H2,1H3,(H,27,28)/b17-10-. The van der Waals surface area contributed by atoms with Gasteiger partial charge >= 0.3 is 0 Å². The van der Waals surface area contributed by atoms with Crippen molar-refractivity contribution in [3.8, 4) is 17.6 Å². The van der Waals surface area contributed by atoms with Crippen LogP contribution in [0.15, 0.2) is 42.0 Å². The summed E-state index contributed by atoms with van der Waals surface area (Å²) in [6.07, 6.45) is 5.48. The first kappa shape index (κ1) is 21.7. The van der Waals surface area contributed by atoms with Gasteiger partial charge in [-0.3, -0.25) is 4.79 Å². The molecule has 5 nitrogen and oxygen atoms in total. The quantitative estimate of drug-likeness (QED) is 0.495. The zero-order valence-corrected chi connectivity index (χ0v) is 17.3. The van der Waals surface area contributed by atoms with E-state index in [0.29, 0.717) is 16.9 Å². The number of halogens is 2. The molecule has 1 amide bonds. The van der Waals surface area contributed by atoms with Gasteiger partial charge in [0.25, 0.3) is 5.91 Å². The van der Waals surface area contributed by atoms with Crippen LogP contribution in [0.1, 0.15) is 36.8 Å². The van der Waals surface area contributed by atoms with Crippen molar-refractivity contribution < 1.29 is 18.7 Å². The molecule has 1 saturated carbocycles. The lowest BCUT2D eigenvalue weighted by Crippen LogP contribution is -2.33. The van der Waals surface area contributed by atoms with Crippen molar-refractivity contribution in [2.75, 3.05) is 7.11 Å². The number of carbonyl (C=O) groups excluding carboxylic acids is 1. The number of hydrogen-bond acceptors (Lipinski definition) is 4. The van der Waals surface area contributed by atoms with Crippen LogP contribution in [0.5, 0.6) is 11.5 Å². The number of rotatable bonds is 7. The molecule has 1 aliphatic rings. The van der Waals surface area contributed by atoms with E-state index in [4.69, 9.17) is 21.1 Å². The summed E-state index contributed by atoms with van der Waals surface area (Å²) in [5, 5.41) is 12.5. The number of nitrogens with one attached hydrogen (secondary N) is 1. The number of ether oxygens (including phenoxy) is 2. The van der Waals surface area contributed by atoms with Crippen LogP contribution in [-0.4, -0.2) is 19.1 Å². The number of hydrogen-bond donors (Lipinski definition) is 1. The second kappa shape index (κ2) is 10.1. The van der Waals surface area contributed by atoms with E-state index in [1.54, 1.807) is 30.3 Å². The molecule has 0 atom stereocenters. The number of benzene rings is 2. The largest absolute Gasteiger partial charge is 0.493 e. The molecule has 1 fully saturated rings. The van der Waals surface area contributed by atoms with Crippen LogP contribution < -0.4 is 14.8 Å². The summed E-state index contributed by atoms with van der Waals surface area (Å²) in [6.45, 7) is -0.0226. The Hall–Kier alpha value is -3.04. The summed E-state index contributed by atoms with van der Waals surface area (Å²) in [7, 11) is 1.45. The summed E-state index contributed by atoms with van der Waals surface area (Å²) < 4.78 is 24.9. The molecule has 7 heteroatoms. The molecule has 1 N–H and O–H groups in total. The molecule has 0 aliphatic heterocycles. The second-order valence-corrected chi connectivity index (χ2v) is 7.45. The third kappa shape index (κ3) is 5.31. The Morgan fingerprint density at radius 1 is 1.33 bits per heavy atom. The Labute approximate surface area is 180 Å². The van der Waals surface area contributed by atoms with Gasteiger partial charge in [0.2, 0.25) is 0 Å². The number of nitrogens with zero attached hydrogens (tertiary/aromatic N) is 1. The van der Waals surface area contributed by atoms with Gasteiger partial charge in [0.05, 0.1) is 12.1 Å². The van der Waals surface area contributed by atoms with Crippen LogP contribution in [-0.2, 0) is 11.4 Å². The van der Waals surface area contributed by atoms with Gasteiger partial charge in [0, 0.05) is 11.6 Å². The predicted octanol–water partition coefficient (Wildman–Crippen LogP) is 5.03. The van der Waals surface area contributed by atoms with Crippen molar-refractivity contribution in [1.82, 2.24) is 5.32 Å². The maximum absolute atomic E-state index is 13.8. The molecule has 0 bridgehead atoms.